The Morgan fingerprint density at radius 1 is 0.727 bits per heavy atom. The van der Waals surface area contributed by atoms with Gasteiger partial charge in [0.1, 0.15) is 36.4 Å². The van der Waals surface area contributed by atoms with Gasteiger partial charge in [-0.3, -0.25) is 48.1 Å². The van der Waals surface area contributed by atoms with E-state index in [1.165, 1.54) is 24.2 Å². The first-order chi connectivity index (χ1) is 36.6. The molecule has 2 heterocycles. The molecule has 22 nitrogen and oxygen atoms in total. The Hall–Kier alpha value is -8.12. The Labute approximate surface area is 445 Å². The summed E-state index contributed by atoms with van der Waals surface area (Å²) in [6, 6.07) is 12.0. The number of aliphatic hydroxyl groups is 1. The average Bonchev–Trinajstić information content (AvgIpc) is 3.78. The number of nitrogens with zero attached hydrogens (tertiary/aromatic N) is 3. The van der Waals surface area contributed by atoms with Gasteiger partial charge >= 0.3 is 0 Å². The van der Waals surface area contributed by atoms with E-state index in [2.05, 4.69) is 42.2 Å². The highest BCUT2D eigenvalue weighted by atomic mass is 19.1. The Balaban J connectivity index is 1.63. The minimum absolute atomic E-state index is 0.0386. The predicted octanol–water partition coefficient (Wildman–Crippen LogP) is 0.361. The van der Waals surface area contributed by atoms with Gasteiger partial charge in [0, 0.05) is 68.5 Å². The lowest BCUT2D eigenvalue weighted by Crippen LogP contribution is -2.57. The summed E-state index contributed by atoms with van der Waals surface area (Å²) in [7, 11) is 0. The highest BCUT2D eigenvalue weighted by molar-refractivity contribution is 5.96. The zero-order valence-electron chi connectivity index (χ0n) is 43.7. The number of halogens is 2. The molecule has 9 amide bonds. The molecule has 24 heteroatoms. The molecule has 0 aliphatic carbocycles. The summed E-state index contributed by atoms with van der Waals surface area (Å²) < 4.78 is 31.8. The number of aliphatic hydroxyl groups excluding tert-OH is 1. The van der Waals surface area contributed by atoms with Gasteiger partial charge in [-0.2, -0.15) is 0 Å². The van der Waals surface area contributed by atoms with Crippen molar-refractivity contribution in [1.29, 1.82) is 0 Å². The second kappa shape index (κ2) is 30.4. The molecule has 4 atom stereocenters. The third-order valence-electron chi connectivity index (χ3n) is 12.0. The van der Waals surface area contributed by atoms with Gasteiger partial charge in [-0.25, -0.2) is 8.78 Å². The van der Waals surface area contributed by atoms with E-state index >= 15 is 4.39 Å². The molecule has 0 bridgehead atoms. The molecule has 77 heavy (non-hydrogen) atoms. The lowest BCUT2D eigenvalue weighted by molar-refractivity contribution is -0.140. The van der Waals surface area contributed by atoms with Gasteiger partial charge < -0.3 is 63.3 Å². The zero-order valence-corrected chi connectivity index (χ0v) is 43.7. The lowest BCUT2D eigenvalue weighted by atomic mass is 9.82. The first kappa shape index (κ1) is 61.4. The van der Waals surface area contributed by atoms with Gasteiger partial charge in [0.15, 0.2) is 0 Å². The Bertz CT molecular complexity index is 2670. The third kappa shape index (κ3) is 20.5. The number of carbonyl (C=O) groups is 9. The summed E-state index contributed by atoms with van der Waals surface area (Å²) in [5.74, 6) is -8.34. The smallest absolute Gasteiger partial charge is 0.248 e. The SMILES string of the molecule is CC(=O)N[C@@H](CCCCN)C(=O)NCCNC(=O)[C@H](CCN(C(=O)CO)[C@@H](c1cc(-c2cc(F)ccc2F)cn1Cc1ccccc1)C(C)(C)C)NC(=O)[C@H](CC(N)=O)NC(=O)CNC(=O)CNC(=O)Cc1ccncc1. The quantitative estimate of drug-likeness (QED) is 0.0317. The van der Waals surface area contributed by atoms with Gasteiger partial charge in [-0.15, -0.1) is 0 Å². The molecule has 2 aromatic carbocycles. The fourth-order valence-electron chi connectivity index (χ4n) is 8.36. The van der Waals surface area contributed by atoms with E-state index in [0.29, 0.717) is 37.1 Å². The van der Waals surface area contributed by atoms with Crippen LogP contribution >= 0.6 is 0 Å². The van der Waals surface area contributed by atoms with Gasteiger partial charge in [-0.1, -0.05) is 51.1 Å². The molecule has 4 aromatic rings. The molecule has 0 aliphatic heterocycles. The topological polar surface area (TPSA) is 331 Å². The zero-order chi connectivity index (χ0) is 56.7. The van der Waals surface area contributed by atoms with Crippen molar-refractivity contribution in [3.05, 3.63) is 114 Å². The molecule has 0 unspecified atom stereocenters. The molecule has 0 saturated carbocycles. The average molecular weight is 1070 g/mol. The first-order valence-corrected chi connectivity index (χ1v) is 25.0. The summed E-state index contributed by atoms with van der Waals surface area (Å²) >= 11 is 0. The van der Waals surface area contributed by atoms with Gasteiger partial charge in [-0.05, 0) is 85.2 Å². The van der Waals surface area contributed by atoms with Crippen LogP contribution in [0.5, 0.6) is 0 Å². The molecule has 416 valence electrons. The maximum atomic E-state index is 15.4. The van der Waals surface area contributed by atoms with E-state index in [-0.39, 0.29) is 50.1 Å². The maximum absolute atomic E-state index is 15.4. The van der Waals surface area contributed by atoms with Crippen LogP contribution in [-0.4, -0.2) is 137 Å². The number of hydrogen-bond donors (Lipinski definition) is 10. The van der Waals surface area contributed by atoms with Crippen molar-refractivity contribution in [3.63, 3.8) is 0 Å². The molecule has 0 radical (unpaired) electrons. The number of pyridine rings is 1. The summed E-state index contributed by atoms with van der Waals surface area (Å²) in [5.41, 5.74) is 12.3. The number of nitrogens with two attached hydrogens (primary N) is 2. The van der Waals surface area contributed by atoms with E-state index in [1.807, 2.05) is 51.1 Å². The molecule has 0 spiro atoms. The van der Waals surface area contributed by atoms with Crippen LogP contribution in [0, 0.1) is 17.0 Å². The van der Waals surface area contributed by atoms with Gasteiger partial charge in [0.05, 0.1) is 32.0 Å². The van der Waals surface area contributed by atoms with Gasteiger partial charge in [0.2, 0.25) is 53.2 Å². The minimum atomic E-state index is -1.71. The number of hydrogen-bond acceptors (Lipinski definition) is 12. The van der Waals surface area contributed by atoms with Crippen LogP contribution in [-0.2, 0) is 56.1 Å². The molecule has 0 saturated heterocycles. The van der Waals surface area contributed by atoms with E-state index in [0.717, 1.165) is 23.8 Å². The fraction of sp³-hybridized carbons (Fsp3) is 0.434. The van der Waals surface area contributed by atoms with Crippen LogP contribution < -0.4 is 48.7 Å². The van der Waals surface area contributed by atoms with Crippen LogP contribution in [0.3, 0.4) is 0 Å². The number of rotatable bonds is 30. The second-order valence-electron chi connectivity index (χ2n) is 19.3. The molecular formula is C53H70F2N12O10. The summed E-state index contributed by atoms with van der Waals surface area (Å²) in [6.45, 7) is 4.36. The first-order valence-electron chi connectivity index (χ1n) is 25.0. The Kier molecular flexibility index (Phi) is 24.3. The number of nitrogens with one attached hydrogen (secondary N) is 7. The highest BCUT2D eigenvalue weighted by Gasteiger charge is 2.38. The van der Waals surface area contributed by atoms with Gasteiger partial charge in [0.25, 0.3) is 0 Å². The number of primary amides is 1. The molecule has 0 fully saturated rings. The molecule has 4 rings (SSSR count). The minimum Gasteiger partial charge on any atom is -0.387 e. The normalized spacial score (nSPS) is 12.7. The highest BCUT2D eigenvalue weighted by Crippen LogP contribution is 2.41. The van der Waals surface area contributed by atoms with Crippen LogP contribution in [0.25, 0.3) is 11.1 Å². The predicted molar refractivity (Wildman–Crippen MR) is 279 cm³/mol. The largest absolute Gasteiger partial charge is 0.387 e. The molecule has 12 N–H and O–H groups in total. The standard InChI is InChI=1S/C53H70F2N12O10/c1-33(69)63-40(12-8-9-18-56)50(75)59-21-22-60-51(76)41(65-52(77)42(27-44(57)70)64-47(73)29-62-46(72)28-61-45(71)24-34-15-19-58-20-16-34)17-23-67(48(74)32-68)49(53(2,3)4)43-25-36(38-26-37(54)13-14-39(38)55)31-66(43)30-35-10-6-5-7-11-35/h5-7,10-11,13-16,19-20,25-26,31,40-42,49,68H,8-9,12,17-18,21-24,27-30,32,56H2,1-4H3,(H2,57,70)(H,59,75)(H,60,76)(H,61,71)(H,62,72)(H,63,69)(H,64,73)(H,65,77)/t40-,41-,42-,49-/m0/s1. The van der Waals surface area contributed by atoms with Crippen molar-refractivity contribution in [3.8, 4) is 11.1 Å². The summed E-state index contributed by atoms with van der Waals surface area (Å²) in [4.78, 5) is 123. The van der Waals surface area contributed by atoms with E-state index in [1.54, 1.807) is 29.0 Å². The van der Waals surface area contributed by atoms with Crippen molar-refractivity contribution >= 4 is 53.2 Å². The number of benzene rings is 2. The lowest BCUT2D eigenvalue weighted by Gasteiger charge is -2.41. The number of carbonyl (C=O) groups excluding carboxylic acids is 9. The molecule has 2 aromatic heterocycles. The van der Waals surface area contributed by atoms with Crippen LogP contribution in [0.15, 0.2) is 85.3 Å². The Morgan fingerprint density at radius 2 is 1.36 bits per heavy atom. The summed E-state index contributed by atoms with van der Waals surface area (Å²) in [6.07, 6.45) is 4.89. The number of unbranched alkanes of at least 4 members (excludes halogenated alkanes) is 1. The Morgan fingerprint density at radius 3 is 1.97 bits per heavy atom. The van der Waals surface area contributed by atoms with Crippen molar-refractivity contribution in [2.75, 3.05) is 45.9 Å². The maximum Gasteiger partial charge on any atom is 0.248 e. The fourth-order valence-corrected chi connectivity index (χ4v) is 8.36. The third-order valence-corrected chi connectivity index (χ3v) is 12.0. The van der Waals surface area contributed by atoms with Crippen LogP contribution in [0.2, 0.25) is 0 Å². The summed E-state index contributed by atoms with van der Waals surface area (Å²) in [5, 5.41) is 27.9. The number of amides is 9. The van der Waals surface area contributed by atoms with Crippen molar-refractivity contribution in [2.24, 2.45) is 16.9 Å². The number of aromatic nitrogens is 2. The van der Waals surface area contributed by atoms with Crippen LogP contribution in [0.4, 0.5) is 8.78 Å². The van der Waals surface area contributed by atoms with Crippen molar-refractivity contribution < 1.29 is 57.0 Å². The van der Waals surface area contributed by atoms with E-state index in [4.69, 9.17) is 11.5 Å². The molecule has 0 aliphatic rings. The monoisotopic (exact) mass is 1070 g/mol. The van der Waals surface area contributed by atoms with Crippen molar-refractivity contribution in [2.45, 2.75) is 96.9 Å². The van der Waals surface area contributed by atoms with E-state index < -0.39 is 120 Å². The molecular weight excluding hydrogens is 1000 g/mol. The van der Waals surface area contributed by atoms with Crippen molar-refractivity contribution in [1.82, 2.24) is 51.7 Å². The van der Waals surface area contributed by atoms with Crippen LogP contribution in [0.1, 0.15) is 82.7 Å². The second-order valence-corrected chi connectivity index (χ2v) is 19.3. The van der Waals surface area contributed by atoms with E-state index in [9.17, 15) is 52.6 Å².